The van der Waals surface area contributed by atoms with Gasteiger partial charge in [-0.05, 0) is 99.5 Å². The Hall–Kier alpha value is -3.58. The third kappa shape index (κ3) is 7.37. The van der Waals surface area contributed by atoms with Crippen molar-refractivity contribution >= 4 is 23.4 Å². The summed E-state index contributed by atoms with van der Waals surface area (Å²) in [5, 5.41) is 11.6. The molecule has 2 fully saturated rings. The quantitative estimate of drug-likeness (QED) is 0.280. The van der Waals surface area contributed by atoms with Crippen LogP contribution in [0, 0.1) is 17.8 Å². The van der Waals surface area contributed by atoms with Crippen LogP contribution in [0.15, 0.2) is 30.5 Å². The van der Waals surface area contributed by atoms with E-state index in [9.17, 15) is 40.7 Å². The fourth-order valence-electron chi connectivity index (χ4n) is 6.29. The van der Waals surface area contributed by atoms with Crippen LogP contribution in [0.4, 0.5) is 32.0 Å². The standard InChI is InChI=1S/C30H35F6N5O3/c1-15(2)41-22(11-12-37-41)27(43)40-25(24(16-3-4-16)17-5-6-17)28(44)38-19-8-10-20-18(13-19)7-9-21(20)26(42)39-23(30(34,35)36)14-29(31,32)33/h8,10-13,15-17,21,23-25H,3-7,9,14H2,1-2H3,(H,38,44)(H,39,42)(H,40,43)/t21?,23-,25-/m0/s1. The molecular formula is C30H35F6N5O3. The molecule has 3 amide bonds. The van der Waals surface area contributed by atoms with Crippen molar-refractivity contribution in [2.24, 2.45) is 17.8 Å². The van der Waals surface area contributed by atoms with Gasteiger partial charge in [-0.3, -0.25) is 19.1 Å². The van der Waals surface area contributed by atoms with Crippen molar-refractivity contribution in [2.45, 2.75) is 95.2 Å². The number of fused-ring (bicyclic) bond motifs is 1. The molecule has 3 aliphatic carbocycles. The molecule has 240 valence electrons. The number of aromatic nitrogens is 2. The number of alkyl halides is 6. The van der Waals surface area contributed by atoms with Gasteiger partial charge in [-0.15, -0.1) is 0 Å². The molecule has 3 aliphatic rings. The van der Waals surface area contributed by atoms with Gasteiger partial charge in [-0.2, -0.15) is 31.4 Å². The van der Waals surface area contributed by atoms with E-state index >= 15 is 0 Å². The van der Waals surface area contributed by atoms with Gasteiger partial charge < -0.3 is 16.0 Å². The Labute approximate surface area is 250 Å². The Morgan fingerprint density at radius 1 is 0.955 bits per heavy atom. The normalized spacial score (nSPS) is 19.9. The summed E-state index contributed by atoms with van der Waals surface area (Å²) in [7, 11) is 0. The third-order valence-corrected chi connectivity index (χ3v) is 8.63. The van der Waals surface area contributed by atoms with E-state index in [1.807, 2.05) is 13.8 Å². The molecule has 3 N–H and O–H groups in total. The Bertz CT molecular complexity index is 1380. The van der Waals surface area contributed by atoms with Gasteiger partial charge in [0.05, 0.1) is 12.3 Å². The highest BCUT2D eigenvalue weighted by Crippen LogP contribution is 2.51. The maximum atomic E-state index is 13.7. The van der Waals surface area contributed by atoms with Crippen LogP contribution in [0.2, 0.25) is 0 Å². The molecule has 1 aromatic heterocycles. The molecule has 0 radical (unpaired) electrons. The van der Waals surface area contributed by atoms with Crippen LogP contribution in [0.3, 0.4) is 0 Å². The summed E-state index contributed by atoms with van der Waals surface area (Å²) in [6.45, 7) is 3.79. The van der Waals surface area contributed by atoms with Crippen LogP contribution in [0.5, 0.6) is 0 Å². The smallest absolute Gasteiger partial charge is 0.344 e. The van der Waals surface area contributed by atoms with Crippen LogP contribution >= 0.6 is 0 Å². The van der Waals surface area contributed by atoms with Gasteiger partial charge in [-0.1, -0.05) is 6.07 Å². The zero-order valence-corrected chi connectivity index (χ0v) is 24.3. The average Bonchev–Trinajstić information content (AvgIpc) is 3.84. The number of aryl methyl sites for hydroxylation is 1. The topological polar surface area (TPSA) is 105 Å². The number of carbonyl (C=O) groups is 3. The first kappa shape index (κ1) is 31.8. The van der Waals surface area contributed by atoms with Gasteiger partial charge in [-0.25, -0.2) is 0 Å². The molecule has 5 rings (SSSR count). The molecule has 0 bridgehead atoms. The number of halogens is 6. The van der Waals surface area contributed by atoms with Crippen LogP contribution < -0.4 is 16.0 Å². The summed E-state index contributed by atoms with van der Waals surface area (Å²) in [6.07, 6.45) is -6.75. The van der Waals surface area contributed by atoms with E-state index in [1.54, 1.807) is 22.1 Å². The molecule has 1 heterocycles. The molecule has 2 saturated carbocycles. The van der Waals surface area contributed by atoms with Crippen molar-refractivity contribution in [1.82, 2.24) is 20.4 Å². The van der Waals surface area contributed by atoms with Crippen LogP contribution in [0.1, 0.15) is 85.9 Å². The maximum Gasteiger partial charge on any atom is 0.408 e. The number of nitrogens with zero attached hydrogens (tertiary/aromatic N) is 2. The first-order chi connectivity index (χ1) is 20.6. The van der Waals surface area contributed by atoms with Gasteiger partial charge >= 0.3 is 12.4 Å². The van der Waals surface area contributed by atoms with E-state index in [-0.39, 0.29) is 18.4 Å². The second-order valence-electron chi connectivity index (χ2n) is 12.4. The molecule has 0 aliphatic heterocycles. The number of benzene rings is 1. The molecule has 3 atom stereocenters. The molecule has 0 spiro atoms. The summed E-state index contributed by atoms with van der Waals surface area (Å²) in [4.78, 5) is 39.8. The number of carbonyl (C=O) groups excluding carboxylic acids is 3. The van der Waals surface area contributed by atoms with E-state index < -0.39 is 54.5 Å². The van der Waals surface area contributed by atoms with Gasteiger partial charge in [0.25, 0.3) is 5.91 Å². The monoisotopic (exact) mass is 627 g/mol. The highest BCUT2D eigenvalue weighted by atomic mass is 19.4. The van der Waals surface area contributed by atoms with E-state index in [2.05, 4.69) is 15.7 Å². The third-order valence-electron chi connectivity index (χ3n) is 8.63. The van der Waals surface area contributed by atoms with Crippen molar-refractivity contribution in [3.63, 3.8) is 0 Å². The fraction of sp³-hybridized carbons (Fsp3) is 0.600. The number of hydrogen-bond acceptors (Lipinski definition) is 4. The van der Waals surface area contributed by atoms with Gasteiger partial charge in [0.2, 0.25) is 11.8 Å². The lowest BCUT2D eigenvalue weighted by molar-refractivity contribution is -0.202. The molecule has 14 heteroatoms. The van der Waals surface area contributed by atoms with Crippen LogP contribution in [-0.2, 0) is 16.0 Å². The first-order valence-electron chi connectivity index (χ1n) is 14.8. The predicted octanol–water partition coefficient (Wildman–Crippen LogP) is 5.67. The average molecular weight is 628 g/mol. The van der Waals surface area contributed by atoms with Crippen molar-refractivity contribution in [1.29, 1.82) is 0 Å². The minimum Gasteiger partial charge on any atom is -0.344 e. The lowest BCUT2D eigenvalue weighted by Crippen LogP contribution is -2.50. The number of amides is 3. The first-order valence-corrected chi connectivity index (χ1v) is 14.8. The second kappa shape index (κ2) is 12.1. The van der Waals surface area contributed by atoms with E-state index in [0.29, 0.717) is 40.8 Å². The predicted molar refractivity (Wildman–Crippen MR) is 148 cm³/mol. The van der Waals surface area contributed by atoms with E-state index in [4.69, 9.17) is 0 Å². The van der Waals surface area contributed by atoms with Crippen LogP contribution in [0.25, 0.3) is 0 Å². The minimum atomic E-state index is -5.26. The Kier molecular flexibility index (Phi) is 8.74. The summed E-state index contributed by atoms with van der Waals surface area (Å²) < 4.78 is 79.5. The highest BCUT2D eigenvalue weighted by Gasteiger charge is 2.49. The number of nitrogens with one attached hydrogen (secondary N) is 3. The minimum absolute atomic E-state index is 0.0323. The summed E-state index contributed by atoms with van der Waals surface area (Å²) in [5.41, 5.74) is 1.73. The lowest BCUT2D eigenvalue weighted by atomic mass is 9.88. The number of anilines is 1. The second-order valence-corrected chi connectivity index (χ2v) is 12.4. The lowest BCUT2D eigenvalue weighted by Gasteiger charge is -2.28. The maximum absolute atomic E-state index is 13.7. The Balaban J connectivity index is 1.31. The van der Waals surface area contributed by atoms with Crippen molar-refractivity contribution in [3.8, 4) is 0 Å². The number of hydrogen-bond donors (Lipinski definition) is 3. The molecule has 1 aromatic carbocycles. The summed E-state index contributed by atoms with van der Waals surface area (Å²) in [6, 6.07) is 2.31. The molecule has 2 aromatic rings. The Morgan fingerprint density at radius 2 is 1.61 bits per heavy atom. The van der Waals surface area contributed by atoms with Crippen LogP contribution in [-0.4, -0.2) is 51.9 Å². The molecule has 44 heavy (non-hydrogen) atoms. The van der Waals surface area contributed by atoms with Crippen molar-refractivity contribution < 1.29 is 40.7 Å². The summed E-state index contributed by atoms with van der Waals surface area (Å²) in [5.74, 6) is -2.38. The van der Waals surface area contributed by atoms with Crippen molar-refractivity contribution in [3.05, 3.63) is 47.3 Å². The van der Waals surface area contributed by atoms with E-state index in [1.165, 1.54) is 18.3 Å². The number of rotatable bonds is 11. The molecule has 0 saturated heterocycles. The summed E-state index contributed by atoms with van der Waals surface area (Å²) >= 11 is 0. The molecule has 1 unspecified atom stereocenters. The Morgan fingerprint density at radius 3 is 2.18 bits per heavy atom. The zero-order valence-electron chi connectivity index (χ0n) is 24.3. The fourth-order valence-corrected chi connectivity index (χ4v) is 6.29. The molecular weight excluding hydrogens is 592 g/mol. The van der Waals surface area contributed by atoms with Gasteiger partial charge in [0, 0.05) is 17.9 Å². The zero-order chi connectivity index (χ0) is 32.0. The van der Waals surface area contributed by atoms with Crippen molar-refractivity contribution in [2.75, 3.05) is 5.32 Å². The van der Waals surface area contributed by atoms with Gasteiger partial charge in [0.15, 0.2) is 0 Å². The van der Waals surface area contributed by atoms with Gasteiger partial charge in [0.1, 0.15) is 17.8 Å². The largest absolute Gasteiger partial charge is 0.408 e. The van der Waals surface area contributed by atoms with E-state index in [0.717, 1.165) is 25.7 Å². The molecule has 8 nitrogen and oxygen atoms in total. The SMILES string of the molecule is CC(C)n1nccc1C(=O)N[C@H](C(=O)Nc1ccc2c(c1)CCC2C(=O)N[C@@H](CC(F)(F)F)C(F)(F)F)C(C1CC1)C1CC1. The highest BCUT2D eigenvalue weighted by molar-refractivity contribution is 6.01.